The van der Waals surface area contributed by atoms with Crippen molar-refractivity contribution in [3.05, 3.63) is 29.6 Å². The molecule has 0 saturated carbocycles. The topological polar surface area (TPSA) is 65.5 Å². The van der Waals surface area contributed by atoms with Crippen molar-refractivity contribution in [1.82, 2.24) is 20.1 Å². The highest BCUT2D eigenvalue weighted by Crippen LogP contribution is 2.07. The van der Waals surface area contributed by atoms with Crippen LogP contribution >= 0.6 is 0 Å². The van der Waals surface area contributed by atoms with Crippen molar-refractivity contribution in [3.8, 4) is 0 Å². The van der Waals surface area contributed by atoms with Crippen molar-refractivity contribution in [2.24, 2.45) is 0 Å². The van der Waals surface area contributed by atoms with E-state index in [9.17, 15) is 9.59 Å². The van der Waals surface area contributed by atoms with Gasteiger partial charge in [-0.15, -0.1) is 0 Å². The number of amides is 2. The third-order valence-corrected chi connectivity index (χ3v) is 3.58. The molecule has 1 aromatic heterocycles. The molecule has 6 heteroatoms. The summed E-state index contributed by atoms with van der Waals surface area (Å²) in [4.78, 5) is 32.8. The van der Waals surface area contributed by atoms with Crippen LogP contribution in [0.3, 0.4) is 0 Å². The second kappa shape index (κ2) is 10.8. The third kappa shape index (κ3) is 6.66. The summed E-state index contributed by atoms with van der Waals surface area (Å²) in [6, 6.07) is 3.23. The van der Waals surface area contributed by atoms with E-state index in [-0.39, 0.29) is 11.8 Å². The Kier molecular flexibility index (Phi) is 9.01. The molecule has 1 aromatic rings. The van der Waals surface area contributed by atoms with E-state index >= 15 is 0 Å². The van der Waals surface area contributed by atoms with Crippen molar-refractivity contribution >= 4 is 11.8 Å². The number of nitrogens with zero attached hydrogens (tertiary/aromatic N) is 3. The Morgan fingerprint density at radius 1 is 1.12 bits per heavy atom. The lowest BCUT2D eigenvalue weighted by atomic mass is 10.2. The lowest BCUT2D eigenvalue weighted by Gasteiger charge is -2.21. The number of pyridine rings is 1. The van der Waals surface area contributed by atoms with Crippen molar-refractivity contribution in [2.45, 2.75) is 33.1 Å². The average molecular weight is 334 g/mol. The highest BCUT2D eigenvalue weighted by Gasteiger charge is 2.17. The van der Waals surface area contributed by atoms with E-state index in [1.165, 1.54) is 6.20 Å². The first kappa shape index (κ1) is 20.1. The molecule has 0 aliphatic carbocycles. The normalized spacial score (nSPS) is 10.7. The predicted octanol–water partition coefficient (Wildman–Crippen LogP) is 2.03. The van der Waals surface area contributed by atoms with Crippen LogP contribution in [0.25, 0.3) is 0 Å². The molecule has 24 heavy (non-hydrogen) atoms. The second-order valence-corrected chi connectivity index (χ2v) is 6.13. The molecule has 134 valence electrons. The first-order valence-corrected chi connectivity index (χ1v) is 8.67. The van der Waals surface area contributed by atoms with Crippen LogP contribution in [-0.4, -0.2) is 66.9 Å². The number of rotatable bonds is 10. The van der Waals surface area contributed by atoms with Crippen LogP contribution in [0.5, 0.6) is 0 Å². The Balaban J connectivity index is 2.70. The third-order valence-electron chi connectivity index (χ3n) is 3.58. The zero-order chi connectivity index (χ0) is 17.9. The van der Waals surface area contributed by atoms with Crippen LogP contribution in [0, 0.1) is 0 Å². The van der Waals surface area contributed by atoms with Crippen LogP contribution in [0.2, 0.25) is 0 Å². The molecule has 6 nitrogen and oxygen atoms in total. The first-order chi connectivity index (χ1) is 11.5. The Labute approximate surface area is 145 Å². The molecule has 0 aliphatic rings. The van der Waals surface area contributed by atoms with E-state index in [2.05, 4.69) is 15.2 Å². The van der Waals surface area contributed by atoms with Gasteiger partial charge in [-0.3, -0.25) is 14.6 Å². The van der Waals surface area contributed by atoms with Crippen LogP contribution in [-0.2, 0) is 0 Å². The molecule has 0 saturated heterocycles. The Morgan fingerprint density at radius 3 is 2.38 bits per heavy atom. The Morgan fingerprint density at radius 2 is 1.79 bits per heavy atom. The largest absolute Gasteiger partial charge is 0.352 e. The molecule has 0 radical (unpaired) electrons. The highest BCUT2D eigenvalue weighted by molar-refractivity contribution is 5.98. The molecule has 1 rings (SSSR count). The summed E-state index contributed by atoms with van der Waals surface area (Å²) in [5.41, 5.74) is 0.809. The van der Waals surface area contributed by atoms with Gasteiger partial charge in [0.1, 0.15) is 5.69 Å². The molecule has 0 bridgehead atoms. The van der Waals surface area contributed by atoms with Gasteiger partial charge in [-0.1, -0.05) is 13.8 Å². The van der Waals surface area contributed by atoms with Gasteiger partial charge in [0.25, 0.3) is 11.8 Å². The molecule has 0 spiro atoms. The smallest absolute Gasteiger partial charge is 0.272 e. The van der Waals surface area contributed by atoms with Gasteiger partial charge >= 0.3 is 0 Å². The molecule has 1 heterocycles. The fraction of sp³-hybridized carbons (Fsp3) is 0.611. The van der Waals surface area contributed by atoms with E-state index in [0.29, 0.717) is 30.9 Å². The number of nitrogens with one attached hydrogen (secondary N) is 1. The quantitative estimate of drug-likeness (QED) is 0.665. The molecular weight excluding hydrogens is 304 g/mol. The van der Waals surface area contributed by atoms with Crippen molar-refractivity contribution < 1.29 is 9.59 Å². The summed E-state index contributed by atoms with van der Waals surface area (Å²) >= 11 is 0. The highest BCUT2D eigenvalue weighted by atomic mass is 16.2. The summed E-state index contributed by atoms with van der Waals surface area (Å²) in [5.74, 6) is -0.274. The minimum absolute atomic E-state index is 0.110. The number of aromatic nitrogens is 1. The monoisotopic (exact) mass is 334 g/mol. The number of hydrogen-bond donors (Lipinski definition) is 1. The molecule has 1 N–H and O–H groups in total. The molecule has 0 atom stereocenters. The number of carbonyl (C=O) groups excluding carboxylic acids is 2. The van der Waals surface area contributed by atoms with Gasteiger partial charge in [-0.2, -0.15) is 0 Å². The fourth-order valence-electron chi connectivity index (χ4n) is 2.40. The maximum Gasteiger partial charge on any atom is 0.272 e. The molecule has 0 aliphatic heterocycles. The summed E-state index contributed by atoms with van der Waals surface area (Å²) in [7, 11) is 4.00. The molecule has 2 amide bonds. The summed E-state index contributed by atoms with van der Waals surface area (Å²) < 4.78 is 0. The summed E-state index contributed by atoms with van der Waals surface area (Å²) in [6.07, 6.45) is 4.21. The molecular formula is C18H30N4O2. The van der Waals surface area contributed by atoms with Gasteiger partial charge in [0, 0.05) is 31.4 Å². The number of hydrogen-bond acceptors (Lipinski definition) is 4. The van der Waals surface area contributed by atoms with E-state index in [0.717, 1.165) is 25.8 Å². The first-order valence-electron chi connectivity index (χ1n) is 8.67. The van der Waals surface area contributed by atoms with Gasteiger partial charge in [-0.25, -0.2) is 0 Å². The SMILES string of the molecule is CCCN(CCC)C(=O)c1cc(C(=O)NCCCN(C)C)ccn1. The minimum Gasteiger partial charge on any atom is -0.352 e. The second-order valence-electron chi connectivity index (χ2n) is 6.13. The van der Waals surface area contributed by atoms with Crippen LogP contribution in [0.15, 0.2) is 18.3 Å². The van der Waals surface area contributed by atoms with Crippen LogP contribution < -0.4 is 5.32 Å². The summed E-state index contributed by atoms with van der Waals surface area (Å²) in [5, 5.41) is 2.88. The summed E-state index contributed by atoms with van der Waals surface area (Å²) in [6.45, 7) is 7.02. The maximum atomic E-state index is 12.6. The predicted molar refractivity (Wildman–Crippen MR) is 96.2 cm³/mol. The average Bonchev–Trinajstić information content (AvgIpc) is 2.57. The van der Waals surface area contributed by atoms with Crippen LogP contribution in [0.1, 0.15) is 54.0 Å². The van der Waals surface area contributed by atoms with Gasteiger partial charge in [0.15, 0.2) is 0 Å². The minimum atomic E-state index is -0.164. The van der Waals surface area contributed by atoms with E-state index < -0.39 is 0 Å². The van der Waals surface area contributed by atoms with Gasteiger partial charge in [0.2, 0.25) is 0 Å². The van der Waals surface area contributed by atoms with E-state index in [1.54, 1.807) is 17.0 Å². The van der Waals surface area contributed by atoms with Gasteiger partial charge in [0.05, 0.1) is 0 Å². The zero-order valence-corrected chi connectivity index (χ0v) is 15.3. The molecule has 0 aromatic carbocycles. The van der Waals surface area contributed by atoms with Crippen molar-refractivity contribution in [3.63, 3.8) is 0 Å². The molecule has 0 fully saturated rings. The van der Waals surface area contributed by atoms with E-state index in [4.69, 9.17) is 0 Å². The van der Waals surface area contributed by atoms with Crippen molar-refractivity contribution in [2.75, 3.05) is 40.3 Å². The van der Waals surface area contributed by atoms with Gasteiger partial charge in [-0.05, 0) is 52.0 Å². The fourth-order valence-corrected chi connectivity index (χ4v) is 2.40. The van der Waals surface area contributed by atoms with Gasteiger partial charge < -0.3 is 15.1 Å². The Bertz CT molecular complexity index is 526. The standard InChI is InChI=1S/C18H30N4O2/c1-5-11-22(12-6-2)18(24)16-14-15(8-10-19-16)17(23)20-9-7-13-21(3)4/h8,10,14H,5-7,9,11-13H2,1-4H3,(H,20,23). The zero-order valence-electron chi connectivity index (χ0n) is 15.3. The lowest BCUT2D eigenvalue weighted by molar-refractivity contribution is 0.0749. The number of carbonyl (C=O) groups is 2. The van der Waals surface area contributed by atoms with E-state index in [1.807, 2.05) is 27.9 Å². The maximum absolute atomic E-state index is 12.6. The Hall–Kier alpha value is -1.95. The van der Waals surface area contributed by atoms with Crippen LogP contribution in [0.4, 0.5) is 0 Å². The lowest BCUT2D eigenvalue weighted by Crippen LogP contribution is -2.33. The molecule has 0 unspecified atom stereocenters. The van der Waals surface area contributed by atoms with Crippen molar-refractivity contribution in [1.29, 1.82) is 0 Å².